The molecule has 0 radical (unpaired) electrons. The van der Waals surface area contributed by atoms with E-state index >= 15 is 0 Å². The zero-order valence-corrected chi connectivity index (χ0v) is 18.8. The quantitative estimate of drug-likeness (QED) is 0.460. The Balaban J connectivity index is 1.14. The Morgan fingerprint density at radius 3 is 2.24 bits per heavy atom. The fourth-order valence-corrected chi connectivity index (χ4v) is 5.62. The van der Waals surface area contributed by atoms with Gasteiger partial charge in [0.2, 0.25) is 0 Å². The number of H-pyrrole nitrogens is 1. The second-order valence-corrected chi connectivity index (χ2v) is 9.17. The van der Waals surface area contributed by atoms with Gasteiger partial charge in [-0.1, -0.05) is 30.3 Å². The van der Waals surface area contributed by atoms with Crippen molar-refractivity contribution in [3.05, 3.63) is 83.0 Å². The molecule has 4 aromatic rings. The van der Waals surface area contributed by atoms with Crippen LogP contribution in [0.5, 0.6) is 0 Å². The summed E-state index contributed by atoms with van der Waals surface area (Å²) < 4.78 is 0. The third-order valence-corrected chi connectivity index (χ3v) is 7.38. The summed E-state index contributed by atoms with van der Waals surface area (Å²) in [6, 6.07) is 19.4. The van der Waals surface area contributed by atoms with Crippen molar-refractivity contribution in [3.63, 3.8) is 0 Å². The standard InChI is InChI=1S/C28H24N4O2/c29-16-20-6-3-9-24-26(20)23(17-30-24)18-10-12-31(13-11-18)14-15-32-27(33)21-7-1-4-19-5-2-8-22(25(19)21)28(32)34/h1-9,17-18,30H,10-15H2. The number of carbonyl (C=O) groups is 2. The van der Waals surface area contributed by atoms with Crippen molar-refractivity contribution in [1.82, 2.24) is 14.8 Å². The van der Waals surface area contributed by atoms with Crippen molar-refractivity contribution in [2.45, 2.75) is 18.8 Å². The van der Waals surface area contributed by atoms with E-state index in [2.05, 4.69) is 22.1 Å². The van der Waals surface area contributed by atoms with Gasteiger partial charge in [-0.25, -0.2) is 0 Å². The van der Waals surface area contributed by atoms with E-state index < -0.39 is 0 Å². The molecule has 6 heteroatoms. The Labute approximate surface area is 197 Å². The Morgan fingerprint density at radius 1 is 0.882 bits per heavy atom. The SMILES string of the molecule is N#Cc1cccc2[nH]cc(C3CCN(CCN4C(=O)c5cccc6cccc(c56)C4=O)CC3)c12. The Kier molecular flexibility index (Phi) is 4.93. The van der Waals surface area contributed by atoms with Crippen molar-refractivity contribution >= 4 is 33.5 Å². The number of benzene rings is 3. The molecule has 2 aliphatic rings. The van der Waals surface area contributed by atoms with Crippen LogP contribution in [-0.2, 0) is 0 Å². The fraction of sp³-hybridized carbons (Fsp3) is 0.250. The van der Waals surface area contributed by atoms with Gasteiger partial charge in [0.15, 0.2) is 0 Å². The lowest BCUT2D eigenvalue weighted by molar-refractivity contribution is 0.0586. The largest absolute Gasteiger partial charge is 0.361 e. The topological polar surface area (TPSA) is 80.2 Å². The maximum atomic E-state index is 13.1. The number of amides is 2. The first-order chi connectivity index (χ1) is 16.7. The maximum Gasteiger partial charge on any atom is 0.261 e. The van der Waals surface area contributed by atoms with Crippen molar-refractivity contribution in [1.29, 1.82) is 5.26 Å². The molecule has 0 unspecified atom stereocenters. The van der Waals surface area contributed by atoms with Gasteiger partial charge >= 0.3 is 0 Å². The van der Waals surface area contributed by atoms with Gasteiger partial charge < -0.3 is 9.88 Å². The van der Waals surface area contributed by atoms with Crippen LogP contribution in [0.1, 0.15) is 50.6 Å². The fourth-order valence-electron chi connectivity index (χ4n) is 5.62. The van der Waals surface area contributed by atoms with Crippen LogP contribution in [0.15, 0.2) is 60.8 Å². The van der Waals surface area contributed by atoms with Crippen molar-refractivity contribution in [2.24, 2.45) is 0 Å². The number of hydrogen-bond donors (Lipinski definition) is 1. The number of imide groups is 1. The number of aromatic nitrogens is 1. The van der Waals surface area contributed by atoms with Crippen LogP contribution in [-0.4, -0.2) is 52.8 Å². The van der Waals surface area contributed by atoms with E-state index in [9.17, 15) is 14.9 Å². The summed E-state index contributed by atoms with van der Waals surface area (Å²) in [5.74, 6) is -0.0127. The number of likely N-dealkylation sites (tertiary alicyclic amines) is 1. The van der Waals surface area contributed by atoms with E-state index in [1.807, 2.05) is 54.6 Å². The molecular formula is C28H24N4O2. The number of nitrogens with one attached hydrogen (secondary N) is 1. The molecule has 34 heavy (non-hydrogen) atoms. The van der Waals surface area contributed by atoms with Crippen LogP contribution < -0.4 is 0 Å². The van der Waals surface area contributed by atoms with Gasteiger partial charge in [0.25, 0.3) is 11.8 Å². The minimum atomic E-state index is -0.202. The molecule has 0 spiro atoms. The Morgan fingerprint density at radius 2 is 1.56 bits per heavy atom. The van der Waals surface area contributed by atoms with Gasteiger partial charge in [-0.3, -0.25) is 14.5 Å². The van der Waals surface area contributed by atoms with E-state index in [1.165, 1.54) is 10.5 Å². The van der Waals surface area contributed by atoms with Gasteiger partial charge in [-0.2, -0.15) is 5.26 Å². The predicted molar refractivity (Wildman–Crippen MR) is 131 cm³/mol. The minimum absolute atomic E-state index is 0.202. The normalized spacial score (nSPS) is 17.0. The van der Waals surface area contributed by atoms with Gasteiger partial charge in [0.1, 0.15) is 0 Å². The third-order valence-electron chi connectivity index (χ3n) is 7.38. The van der Waals surface area contributed by atoms with E-state index in [1.54, 1.807) is 0 Å². The molecule has 1 N–H and O–H groups in total. The third kappa shape index (κ3) is 3.20. The van der Waals surface area contributed by atoms with Crippen LogP contribution >= 0.6 is 0 Å². The number of aromatic amines is 1. The monoisotopic (exact) mass is 448 g/mol. The van der Waals surface area contributed by atoms with E-state index in [-0.39, 0.29) is 11.8 Å². The van der Waals surface area contributed by atoms with Gasteiger partial charge in [-0.05, 0) is 67.1 Å². The molecule has 168 valence electrons. The first-order valence-corrected chi connectivity index (χ1v) is 11.8. The summed E-state index contributed by atoms with van der Waals surface area (Å²) in [4.78, 5) is 33.3. The number of rotatable bonds is 4. The van der Waals surface area contributed by atoms with Crippen molar-refractivity contribution in [2.75, 3.05) is 26.2 Å². The Bertz CT molecular complexity index is 1440. The molecule has 0 bridgehead atoms. The van der Waals surface area contributed by atoms with Gasteiger partial charge in [0.05, 0.1) is 11.6 Å². The highest BCUT2D eigenvalue weighted by atomic mass is 16.2. The molecule has 1 aromatic heterocycles. The predicted octanol–water partition coefficient (Wildman–Crippen LogP) is 4.67. The molecule has 0 aliphatic carbocycles. The summed E-state index contributed by atoms with van der Waals surface area (Å²) in [7, 11) is 0. The highest BCUT2D eigenvalue weighted by molar-refractivity contribution is 6.25. The number of nitrogens with zero attached hydrogens (tertiary/aromatic N) is 3. The van der Waals surface area contributed by atoms with Crippen molar-refractivity contribution < 1.29 is 9.59 Å². The highest BCUT2D eigenvalue weighted by Gasteiger charge is 2.33. The molecule has 0 saturated carbocycles. The number of carbonyl (C=O) groups excluding carboxylic acids is 2. The van der Waals surface area contributed by atoms with Gasteiger partial charge in [0, 0.05) is 46.7 Å². The number of piperidine rings is 1. The molecular weight excluding hydrogens is 424 g/mol. The zero-order valence-electron chi connectivity index (χ0n) is 18.8. The molecule has 6 nitrogen and oxygen atoms in total. The van der Waals surface area contributed by atoms with E-state index in [0.29, 0.717) is 35.7 Å². The summed E-state index contributed by atoms with van der Waals surface area (Å²) in [6.45, 7) is 2.85. The van der Waals surface area contributed by atoms with Crippen LogP contribution in [0.2, 0.25) is 0 Å². The van der Waals surface area contributed by atoms with Crippen LogP contribution in [0.3, 0.4) is 0 Å². The summed E-state index contributed by atoms with van der Waals surface area (Å²) in [6.07, 6.45) is 4.02. The molecule has 3 heterocycles. The highest BCUT2D eigenvalue weighted by Crippen LogP contribution is 2.35. The van der Waals surface area contributed by atoms with E-state index in [0.717, 1.165) is 47.6 Å². The molecule has 6 rings (SSSR count). The molecule has 0 atom stereocenters. The smallest absolute Gasteiger partial charge is 0.261 e. The first-order valence-electron chi connectivity index (χ1n) is 11.8. The molecule has 2 amide bonds. The first kappa shape index (κ1) is 20.6. The second kappa shape index (κ2) is 8.12. The number of hydrogen-bond acceptors (Lipinski definition) is 4. The average Bonchev–Trinajstić information content (AvgIpc) is 3.32. The molecule has 2 aliphatic heterocycles. The molecule has 3 aromatic carbocycles. The van der Waals surface area contributed by atoms with Crippen LogP contribution in [0, 0.1) is 11.3 Å². The second-order valence-electron chi connectivity index (χ2n) is 9.17. The van der Waals surface area contributed by atoms with Crippen LogP contribution in [0.25, 0.3) is 21.7 Å². The maximum absolute atomic E-state index is 13.1. The summed E-state index contributed by atoms with van der Waals surface area (Å²) in [5, 5.41) is 12.3. The summed E-state index contributed by atoms with van der Waals surface area (Å²) in [5.41, 5.74) is 4.17. The lowest BCUT2D eigenvalue weighted by Crippen LogP contribution is -2.45. The number of nitriles is 1. The zero-order chi connectivity index (χ0) is 23.2. The number of fused-ring (bicyclic) bond motifs is 1. The average molecular weight is 449 g/mol. The molecule has 1 saturated heterocycles. The van der Waals surface area contributed by atoms with Crippen molar-refractivity contribution in [3.8, 4) is 6.07 Å². The Hall–Kier alpha value is -3.95. The molecule has 1 fully saturated rings. The lowest BCUT2D eigenvalue weighted by atomic mass is 9.88. The van der Waals surface area contributed by atoms with Gasteiger partial charge in [-0.15, -0.1) is 0 Å². The minimum Gasteiger partial charge on any atom is -0.361 e. The van der Waals surface area contributed by atoms with E-state index in [4.69, 9.17) is 0 Å². The summed E-state index contributed by atoms with van der Waals surface area (Å²) >= 11 is 0. The lowest BCUT2D eigenvalue weighted by Gasteiger charge is -2.34. The van der Waals surface area contributed by atoms with Crippen LogP contribution in [0.4, 0.5) is 0 Å².